The van der Waals surface area contributed by atoms with Gasteiger partial charge in [-0.1, -0.05) is 57.2 Å². The molecule has 0 N–H and O–H groups in total. The van der Waals surface area contributed by atoms with Gasteiger partial charge in [0.1, 0.15) is 12.4 Å². The minimum atomic E-state index is -0.486. The number of halogens is 1. The summed E-state index contributed by atoms with van der Waals surface area (Å²) in [7, 11) is 0. The number of hydrogen-bond acceptors (Lipinski definition) is 3. The molecule has 1 aliphatic heterocycles. The van der Waals surface area contributed by atoms with Gasteiger partial charge >= 0.3 is 0 Å². The van der Waals surface area contributed by atoms with Crippen molar-refractivity contribution in [3.63, 3.8) is 0 Å². The summed E-state index contributed by atoms with van der Waals surface area (Å²) in [5.74, 6) is -1.02. The highest BCUT2D eigenvalue weighted by atomic mass is 32.1. The van der Waals surface area contributed by atoms with Gasteiger partial charge in [0, 0.05) is 23.5 Å². The van der Waals surface area contributed by atoms with Crippen molar-refractivity contribution in [1.82, 2.24) is 9.80 Å². The molecule has 0 radical (unpaired) electrons. The van der Waals surface area contributed by atoms with Crippen molar-refractivity contribution in [2.24, 2.45) is 0 Å². The summed E-state index contributed by atoms with van der Waals surface area (Å²) in [4.78, 5) is 31.3. The molecule has 4 nitrogen and oxygen atoms in total. The zero-order valence-electron chi connectivity index (χ0n) is 20.5. The van der Waals surface area contributed by atoms with Crippen LogP contribution in [0.2, 0.25) is 0 Å². The zero-order valence-corrected chi connectivity index (χ0v) is 21.3. The van der Waals surface area contributed by atoms with Gasteiger partial charge < -0.3 is 9.80 Å². The lowest BCUT2D eigenvalue weighted by molar-refractivity contribution is -0.133. The summed E-state index contributed by atoms with van der Waals surface area (Å²) in [6.07, 6.45) is 2.37. The number of fused-ring (bicyclic) bond motifs is 1. The fraction of sp³-hybridized carbons (Fsp3) is 0.310. The van der Waals surface area contributed by atoms with Crippen LogP contribution in [0.3, 0.4) is 0 Å². The molecule has 2 heterocycles. The van der Waals surface area contributed by atoms with E-state index in [0.29, 0.717) is 6.54 Å². The predicted molar refractivity (Wildman–Crippen MR) is 139 cm³/mol. The number of nitrogens with zero attached hydrogens (tertiary/aromatic N) is 2. The summed E-state index contributed by atoms with van der Waals surface area (Å²) in [6, 6.07) is 15.9. The van der Waals surface area contributed by atoms with Gasteiger partial charge in [-0.15, -0.1) is 17.9 Å². The fourth-order valence-electron chi connectivity index (χ4n) is 4.54. The minimum Gasteiger partial charge on any atom is -0.330 e. The fourth-order valence-corrected chi connectivity index (χ4v) is 5.45. The normalized spacial score (nSPS) is 15.4. The Labute approximate surface area is 210 Å². The van der Waals surface area contributed by atoms with Crippen LogP contribution in [0.15, 0.2) is 72.6 Å². The molecular formula is C29H31FN2O2S. The van der Waals surface area contributed by atoms with E-state index in [-0.39, 0.29) is 36.0 Å². The van der Waals surface area contributed by atoms with Gasteiger partial charge in [0.05, 0.1) is 6.04 Å². The summed E-state index contributed by atoms with van der Waals surface area (Å²) in [6.45, 7) is 11.0. The topological polar surface area (TPSA) is 40.6 Å². The molecule has 2 aromatic carbocycles. The van der Waals surface area contributed by atoms with Gasteiger partial charge in [0.25, 0.3) is 5.91 Å². The molecular weight excluding hydrogens is 459 g/mol. The molecule has 1 aliphatic rings. The van der Waals surface area contributed by atoms with E-state index in [1.165, 1.54) is 33.5 Å². The Morgan fingerprint density at radius 2 is 1.91 bits per heavy atom. The molecule has 4 rings (SSSR count). The van der Waals surface area contributed by atoms with E-state index in [0.717, 1.165) is 17.5 Å². The van der Waals surface area contributed by atoms with Crippen molar-refractivity contribution in [2.45, 2.75) is 38.6 Å². The zero-order chi connectivity index (χ0) is 25.2. The molecule has 0 fully saturated rings. The van der Waals surface area contributed by atoms with Crippen LogP contribution in [0.5, 0.6) is 0 Å². The second-order valence-electron chi connectivity index (χ2n) is 9.90. The summed E-state index contributed by atoms with van der Waals surface area (Å²) < 4.78 is 13.7. The van der Waals surface area contributed by atoms with Crippen LogP contribution in [0.4, 0.5) is 4.39 Å². The maximum absolute atomic E-state index is 13.7. The highest BCUT2D eigenvalue weighted by Gasteiger charge is 2.34. The van der Waals surface area contributed by atoms with Crippen molar-refractivity contribution in [3.05, 3.63) is 106 Å². The van der Waals surface area contributed by atoms with Crippen LogP contribution < -0.4 is 0 Å². The van der Waals surface area contributed by atoms with E-state index in [1.54, 1.807) is 23.5 Å². The van der Waals surface area contributed by atoms with Crippen molar-refractivity contribution >= 4 is 23.2 Å². The third-order valence-corrected chi connectivity index (χ3v) is 7.41. The van der Waals surface area contributed by atoms with E-state index >= 15 is 0 Å². The summed E-state index contributed by atoms with van der Waals surface area (Å²) >= 11 is 1.72. The number of amides is 2. The van der Waals surface area contributed by atoms with Crippen LogP contribution in [0.25, 0.3) is 0 Å². The van der Waals surface area contributed by atoms with Gasteiger partial charge in [-0.25, -0.2) is 4.39 Å². The number of benzene rings is 2. The Balaban J connectivity index is 1.62. The minimum absolute atomic E-state index is 0.0383. The summed E-state index contributed by atoms with van der Waals surface area (Å²) in [5, 5.41) is 2.08. The number of carbonyl (C=O) groups excluding carboxylic acids is 2. The molecule has 0 saturated heterocycles. The first-order chi connectivity index (χ1) is 16.7. The van der Waals surface area contributed by atoms with Crippen LogP contribution in [0, 0.1) is 5.82 Å². The molecule has 2 amide bonds. The van der Waals surface area contributed by atoms with Crippen molar-refractivity contribution in [1.29, 1.82) is 0 Å². The molecule has 6 heteroatoms. The predicted octanol–water partition coefficient (Wildman–Crippen LogP) is 5.99. The van der Waals surface area contributed by atoms with Crippen molar-refractivity contribution in [3.8, 4) is 0 Å². The monoisotopic (exact) mass is 490 g/mol. The summed E-state index contributed by atoms with van der Waals surface area (Å²) in [5.41, 5.74) is 3.68. The lowest BCUT2D eigenvalue weighted by atomic mass is 9.85. The first-order valence-corrected chi connectivity index (χ1v) is 12.7. The largest absolute Gasteiger partial charge is 0.330 e. The standard InChI is InChI=1S/C29H31FN2O2S/c1-5-15-31(28(34)21-7-6-8-23(30)18-21)19-26(33)32-16-13-25-24(14-17-35-25)27(32)20-9-11-22(12-10-20)29(2,3)4/h5-12,14,17-18,27H,1,13,15-16,19H2,2-4H3. The molecule has 1 aromatic heterocycles. The van der Waals surface area contributed by atoms with Crippen LogP contribution >= 0.6 is 11.3 Å². The third-order valence-electron chi connectivity index (χ3n) is 6.41. The Bertz CT molecular complexity index is 1230. The van der Waals surface area contributed by atoms with Crippen LogP contribution in [-0.2, 0) is 16.6 Å². The van der Waals surface area contributed by atoms with Crippen molar-refractivity contribution in [2.75, 3.05) is 19.6 Å². The van der Waals surface area contributed by atoms with Gasteiger partial charge in [0.2, 0.25) is 5.91 Å². The van der Waals surface area contributed by atoms with Gasteiger partial charge in [0.15, 0.2) is 0 Å². The van der Waals surface area contributed by atoms with E-state index < -0.39 is 11.7 Å². The lowest BCUT2D eigenvalue weighted by Crippen LogP contribution is -2.46. The number of rotatable bonds is 6. The molecule has 0 bridgehead atoms. The number of hydrogen-bond donors (Lipinski definition) is 0. The van der Waals surface area contributed by atoms with Gasteiger partial charge in [-0.2, -0.15) is 0 Å². The van der Waals surface area contributed by atoms with E-state index in [9.17, 15) is 14.0 Å². The Hall–Kier alpha value is -3.25. The first kappa shape index (κ1) is 24.9. The lowest BCUT2D eigenvalue weighted by Gasteiger charge is -2.37. The molecule has 0 saturated carbocycles. The van der Waals surface area contributed by atoms with E-state index in [4.69, 9.17) is 0 Å². The van der Waals surface area contributed by atoms with E-state index in [1.807, 2.05) is 4.90 Å². The van der Waals surface area contributed by atoms with E-state index in [2.05, 4.69) is 63.1 Å². The average Bonchev–Trinajstić information content (AvgIpc) is 3.31. The first-order valence-electron chi connectivity index (χ1n) is 11.8. The van der Waals surface area contributed by atoms with Crippen molar-refractivity contribution < 1.29 is 14.0 Å². The SMILES string of the molecule is C=CCN(CC(=O)N1CCc2sccc2C1c1ccc(C(C)(C)C)cc1)C(=O)c1cccc(F)c1. The molecule has 3 aromatic rings. The molecule has 35 heavy (non-hydrogen) atoms. The van der Waals surface area contributed by atoms with Gasteiger partial charge in [-0.3, -0.25) is 9.59 Å². The quantitative estimate of drug-likeness (QED) is 0.399. The maximum Gasteiger partial charge on any atom is 0.254 e. The number of carbonyl (C=O) groups is 2. The molecule has 0 spiro atoms. The van der Waals surface area contributed by atoms with Crippen LogP contribution in [-0.4, -0.2) is 41.2 Å². The smallest absolute Gasteiger partial charge is 0.254 e. The second kappa shape index (κ2) is 10.2. The third kappa shape index (κ3) is 5.38. The molecule has 1 atom stereocenters. The maximum atomic E-state index is 13.7. The van der Waals surface area contributed by atoms with Crippen LogP contribution in [0.1, 0.15) is 58.7 Å². The molecule has 0 aliphatic carbocycles. The highest BCUT2D eigenvalue weighted by Crippen LogP contribution is 2.38. The van der Waals surface area contributed by atoms with Gasteiger partial charge in [-0.05, 0) is 58.2 Å². The molecule has 1 unspecified atom stereocenters. The second-order valence-corrected chi connectivity index (χ2v) is 10.9. The average molecular weight is 491 g/mol. The number of thiophene rings is 1. The Morgan fingerprint density at radius 1 is 1.17 bits per heavy atom. The Kier molecular flexibility index (Phi) is 7.22. The highest BCUT2D eigenvalue weighted by molar-refractivity contribution is 7.10. The Morgan fingerprint density at radius 3 is 2.57 bits per heavy atom. The molecule has 182 valence electrons.